The lowest BCUT2D eigenvalue weighted by molar-refractivity contribution is -0.379. The average Bonchev–Trinajstić information content (AvgIpc) is 2.82. The lowest BCUT2D eigenvalue weighted by Gasteiger charge is -2.47. The van der Waals surface area contributed by atoms with Gasteiger partial charge in [0.05, 0.1) is 19.8 Å². The third kappa shape index (κ3) is 5.37. The minimum Gasteiger partial charge on any atom is -0.394 e. The molecule has 3 fully saturated rings. The van der Waals surface area contributed by atoms with E-state index in [-0.39, 0.29) is 0 Å². The van der Waals surface area contributed by atoms with Gasteiger partial charge in [0.15, 0.2) is 18.9 Å². The van der Waals surface area contributed by atoms with Gasteiger partial charge in [-0.2, -0.15) is 0 Å². The summed E-state index contributed by atoms with van der Waals surface area (Å²) in [5, 5.41) is 110. The van der Waals surface area contributed by atoms with Gasteiger partial charge in [-0.1, -0.05) is 0 Å². The van der Waals surface area contributed by atoms with Crippen molar-refractivity contribution in [3.05, 3.63) is 0 Å². The van der Waals surface area contributed by atoms with E-state index < -0.39 is 112 Å². The first-order valence-electron chi connectivity index (χ1n) is 10.6. The second-order valence-electron chi connectivity index (χ2n) is 8.33. The van der Waals surface area contributed by atoms with Crippen molar-refractivity contribution in [1.82, 2.24) is 0 Å². The zero-order valence-corrected chi connectivity index (χ0v) is 17.7. The Kier molecular flexibility index (Phi) is 9.54. The van der Waals surface area contributed by atoms with E-state index in [4.69, 9.17) is 23.7 Å². The Balaban J connectivity index is 1.78. The minimum atomic E-state index is -1.92. The highest BCUT2D eigenvalue weighted by Crippen LogP contribution is 2.32. The van der Waals surface area contributed by atoms with Crippen LogP contribution in [0.1, 0.15) is 0 Å². The highest BCUT2D eigenvalue weighted by atomic mass is 16.7. The third-order valence-corrected chi connectivity index (χ3v) is 6.09. The van der Waals surface area contributed by atoms with Crippen molar-refractivity contribution < 1.29 is 79.9 Å². The number of rotatable bonds is 7. The molecule has 0 radical (unpaired) electrons. The second kappa shape index (κ2) is 11.6. The van der Waals surface area contributed by atoms with Gasteiger partial charge in [0, 0.05) is 0 Å². The summed E-state index contributed by atoms with van der Waals surface area (Å²) in [5.74, 6) is 0. The van der Waals surface area contributed by atoms with E-state index in [1.807, 2.05) is 0 Å². The molecular weight excluding hydrogens is 472 g/mol. The molecule has 3 heterocycles. The van der Waals surface area contributed by atoms with Crippen LogP contribution in [0.15, 0.2) is 0 Å². The van der Waals surface area contributed by atoms with Crippen molar-refractivity contribution in [2.45, 2.75) is 92.1 Å². The predicted octanol–water partition coefficient (Wildman–Crippen LogP) is -7.57. The molecule has 34 heavy (non-hydrogen) atoms. The maximum Gasteiger partial charge on any atom is 0.187 e. The fraction of sp³-hybridized carbons (Fsp3) is 1.00. The monoisotopic (exact) mass is 504 g/mol. The molecule has 1 unspecified atom stereocenters. The zero-order chi connectivity index (χ0) is 25.3. The van der Waals surface area contributed by atoms with Crippen LogP contribution < -0.4 is 0 Å². The van der Waals surface area contributed by atoms with Crippen LogP contribution in [-0.4, -0.2) is 168 Å². The summed E-state index contributed by atoms with van der Waals surface area (Å²) in [6.07, 6.45) is -25.5. The van der Waals surface area contributed by atoms with Gasteiger partial charge in [-0.05, 0) is 0 Å². The molecule has 15 atom stereocenters. The van der Waals surface area contributed by atoms with Crippen LogP contribution in [0.4, 0.5) is 0 Å². The predicted molar refractivity (Wildman–Crippen MR) is 101 cm³/mol. The van der Waals surface area contributed by atoms with Crippen molar-refractivity contribution in [3.63, 3.8) is 0 Å². The van der Waals surface area contributed by atoms with Crippen molar-refractivity contribution in [3.8, 4) is 0 Å². The molecule has 11 N–H and O–H groups in total. The maximum absolute atomic E-state index is 10.7. The molecule has 0 bridgehead atoms. The van der Waals surface area contributed by atoms with E-state index in [1.54, 1.807) is 0 Å². The molecule has 3 aliphatic rings. The fourth-order valence-electron chi connectivity index (χ4n) is 4.04. The topological polar surface area (TPSA) is 269 Å². The van der Waals surface area contributed by atoms with Crippen LogP contribution in [-0.2, 0) is 23.7 Å². The molecule has 0 aromatic heterocycles. The summed E-state index contributed by atoms with van der Waals surface area (Å²) in [5.41, 5.74) is 0. The third-order valence-electron chi connectivity index (χ3n) is 6.09. The van der Waals surface area contributed by atoms with Gasteiger partial charge in [-0.25, -0.2) is 0 Å². The van der Waals surface area contributed by atoms with Gasteiger partial charge in [0.25, 0.3) is 0 Å². The van der Waals surface area contributed by atoms with Crippen LogP contribution in [0, 0.1) is 0 Å². The molecule has 3 rings (SSSR count). The molecule has 200 valence electrons. The van der Waals surface area contributed by atoms with E-state index in [0.717, 1.165) is 0 Å². The summed E-state index contributed by atoms with van der Waals surface area (Å²) < 4.78 is 26.2. The van der Waals surface area contributed by atoms with E-state index >= 15 is 0 Å². The number of aliphatic hydroxyl groups excluding tert-OH is 11. The molecule has 16 heteroatoms. The smallest absolute Gasteiger partial charge is 0.187 e. The van der Waals surface area contributed by atoms with Gasteiger partial charge in [-0.3, -0.25) is 0 Å². The fourth-order valence-corrected chi connectivity index (χ4v) is 4.04. The van der Waals surface area contributed by atoms with Gasteiger partial charge in [-0.15, -0.1) is 0 Å². The Morgan fingerprint density at radius 2 is 0.853 bits per heavy atom. The summed E-state index contributed by atoms with van der Waals surface area (Å²) in [6.45, 7) is -2.33. The summed E-state index contributed by atoms with van der Waals surface area (Å²) in [4.78, 5) is 0. The minimum absolute atomic E-state index is 0.750. The van der Waals surface area contributed by atoms with Crippen molar-refractivity contribution in [1.29, 1.82) is 0 Å². The van der Waals surface area contributed by atoms with Gasteiger partial charge < -0.3 is 79.9 Å². The van der Waals surface area contributed by atoms with Crippen LogP contribution in [0.2, 0.25) is 0 Å². The van der Waals surface area contributed by atoms with E-state index in [1.165, 1.54) is 0 Å². The molecule has 16 nitrogen and oxygen atoms in total. The normalized spacial score (nSPS) is 52.5. The first-order valence-corrected chi connectivity index (χ1v) is 10.6. The van der Waals surface area contributed by atoms with E-state index in [2.05, 4.69) is 0 Å². The number of aliphatic hydroxyl groups is 11. The average molecular weight is 504 g/mol. The zero-order valence-electron chi connectivity index (χ0n) is 17.7. The highest BCUT2D eigenvalue weighted by molar-refractivity contribution is 4.96. The Morgan fingerprint density at radius 1 is 0.441 bits per heavy atom. The molecule has 3 saturated heterocycles. The molecule has 0 aliphatic carbocycles. The Labute approximate surface area is 192 Å². The second-order valence-corrected chi connectivity index (χ2v) is 8.33. The van der Waals surface area contributed by atoms with Crippen molar-refractivity contribution >= 4 is 0 Å². The van der Waals surface area contributed by atoms with Gasteiger partial charge in [0.1, 0.15) is 73.2 Å². The van der Waals surface area contributed by atoms with Crippen LogP contribution in [0.25, 0.3) is 0 Å². The molecule has 0 aromatic carbocycles. The van der Waals surface area contributed by atoms with Crippen LogP contribution >= 0.6 is 0 Å². The number of hydrogen-bond donors (Lipinski definition) is 11. The summed E-state index contributed by atoms with van der Waals surface area (Å²) in [6, 6.07) is 0. The van der Waals surface area contributed by atoms with Crippen LogP contribution in [0.3, 0.4) is 0 Å². The number of ether oxygens (including phenoxy) is 5. The maximum atomic E-state index is 10.7. The van der Waals surface area contributed by atoms with E-state index in [0.29, 0.717) is 0 Å². The Morgan fingerprint density at radius 3 is 1.35 bits per heavy atom. The lowest BCUT2D eigenvalue weighted by Crippen LogP contribution is -2.66. The summed E-state index contributed by atoms with van der Waals surface area (Å²) in [7, 11) is 0. The molecule has 0 amide bonds. The first kappa shape index (κ1) is 27.9. The van der Waals surface area contributed by atoms with Crippen molar-refractivity contribution in [2.24, 2.45) is 0 Å². The molecular formula is C18H32O16. The Hall–Kier alpha value is -0.640. The quantitative estimate of drug-likeness (QED) is 0.154. The SMILES string of the molecule is OC[C@H]1OC(O[C@@H]2[C@@H](O)[C@H](O[C@@H]3[C@@H](O)[C@H](O)O[C@H](CO)[C@H]3O)O[C@H](CO)[C@H]2O)[C@H](O)[C@@H](O)[C@@H]1O. The molecule has 0 saturated carbocycles. The Bertz CT molecular complexity index is 639. The van der Waals surface area contributed by atoms with Crippen molar-refractivity contribution in [2.75, 3.05) is 19.8 Å². The largest absolute Gasteiger partial charge is 0.394 e. The molecule has 0 aromatic rings. The number of hydrogen-bond acceptors (Lipinski definition) is 16. The summed E-state index contributed by atoms with van der Waals surface area (Å²) >= 11 is 0. The molecule has 3 aliphatic heterocycles. The van der Waals surface area contributed by atoms with E-state index in [9.17, 15) is 56.2 Å². The lowest BCUT2D eigenvalue weighted by atomic mass is 9.96. The first-order chi connectivity index (χ1) is 16.0. The van der Waals surface area contributed by atoms with Crippen LogP contribution in [0.5, 0.6) is 0 Å². The standard InChI is InChI=1S/C18H32O16/c19-1-4-7(22)10(25)11(26)17(31-4)34-15-9(24)6(3-21)32-18(13(15)28)33-14-8(23)5(2-20)30-16(29)12(14)27/h4-29H,1-3H2/t4-,5-,6-,7-,8-,9-,10+,11-,12-,13-,14+,15+,16-,17?,18+/m1/s1. The van der Waals surface area contributed by atoms with Gasteiger partial charge in [0.2, 0.25) is 0 Å². The highest BCUT2D eigenvalue weighted by Gasteiger charge is 2.53. The molecule has 0 spiro atoms. The van der Waals surface area contributed by atoms with Gasteiger partial charge >= 0.3 is 0 Å².